The standard InChI is InChI=1S/C21H21Cl2NO2S2/c1-15(17-6-8-18(22)9-7-17)14-24-28(25,26)21-12-11-20(27-21)10-5-16-3-2-4-19(23)13-16/h2-4,6-9,11-13,15,24H,5,10,14H2,1H3. The summed E-state index contributed by atoms with van der Waals surface area (Å²) < 4.78 is 28.3. The summed E-state index contributed by atoms with van der Waals surface area (Å²) >= 11 is 13.2. The Hall–Kier alpha value is -1.37. The molecule has 0 fully saturated rings. The van der Waals surface area contributed by atoms with Crippen molar-refractivity contribution in [1.29, 1.82) is 0 Å². The number of rotatable bonds is 8. The highest BCUT2D eigenvalue weighted by atomic mass is 35.5. The van der Waals surface area contributed by atoms with E-state index in [4.69, 9.17) is 23.2 Å². The minimum Gasteiger partial charge on any atom is -0.210 e. The van der Waals surface area contributed by atoms with E-state index in [1.165, 1.54) is 11.3 Å². The number of halogens is 2. The summed E-state index contributed by atoms with van der Waals surface area (Å²) in [6.07, 6.45) is 1.60. The first-order valence-corrected chi connectivity index (χ1v) is 12.0. The van der Waals surface area contributed by atoms with Crippen LogP contribution >= 0.6 is 34.5 Å². The van der Waals surface area contributed by atoms with Crippen molar-refractivity contribution >= 4 is 44.6 Å². The smallest absolute Gasteiger partial charge is 0.210 e. The van der Waals surface area contributed by atoms with Crippen molar-refractivity contribution < 1.29 is 8.42 Å². The largest absolute Gasteiger partial charge is 0.250 e. The fourth-order valence-corrected chi connectivity index (χ4v) is 5.68. The fraction of sp³-hybridized carbons (Fsp3) is 0.238. The molecule has 2 aromatic carbocycles. The third-order valence-electron chi connectivity index (χ3n) is 4.47. The van der Waals surface area contributed by atoms with Gasteiger partial charge in [0.25, 0.3) is 0 Å². The number of benzene rings is 2. The first-order chi connectivity index (χ1) is 13.3. The Morgan fingerprint density at radius 2 is 1.71 bits per heavy atom. The van der Waals surface area contributed by atoms with Gasteiger partial charge in [-0.2, -0.15) is 0 Å². The highest BCUT2D eigenvalue weighted by molar-refractivity contribution is 7.91. The van der Waals surface area contributed by atoms with E-state index >= 15 is 0 Å². The van der Waals surface area contributed by atoms with E-state index in [0.29, 0.717) is 20.8 Å². The van der Waals surface area contributed by atoms with Crippen LogP contribution in [0.15, 0.2) is 64.9 Å². The first kappa shape index (κ1) is 21.3. The molecule has 1 unspecified atom stereocenters. The summed E-state index contributed by atoms with van der Waals surface area (Å²) in [5.41, 5.74) is 2.18. The Balaban J connectivity index is 1.58. The predicted octanol–water partition coefficient (Wildman–Crippen LogP) is 5.92. The SMILES string of the molecule is CC(CNS(=O)(=O)c1ccc(CCc2cccc(Cl)c2)s1)c1ccc(Cl)cc1. The summed E-state index contributed by atoms with van der Waals surface area (Å²) in [6, 6.07) is 18.7. The molecular weight excluding hydrogens is 433 g/mol. The van der Waals surface area contributed by atoms with Gasteiger partial charge in [-0.05, 0) is 66.3 Å². The topological polar surface area (TPSA) is 46.2 Å². The van der Waals surface area contributed by atoms with Crippen molar-refractivity contribution in [2.75, 3.05) is 6.54 Å². The quantitative estimate of drug-likeness (QED) is 0.459. The molecule has 1 aromatic heterocycles. The van der Waals surface area contributed by atoms with Gasteiger partial charge in [-0.3, -0.25) is 0 Å². The highest BCUT2D eigenvalue weighted by Crippen LogP contribution is 2.24. The molecule has 0 bridgehead atoms. The maximum atomic E-state index is 12.6. The third-order valence-corrected chi connectivity index (χ3v) is 8.02. The van der Waals surface area contributed by atoms with Gasteiger partial charge in [-0.25, -0.2) is 13.1 Å². The maximum Gasteiger partial charge on any atom is 0.250 e. The Labute approximate surface area is 180 Å². The number of aryl methyl sites for hydroxylation is 2. The van der Waals surface area contributed by atoms with Gasteiger partial charge in [0.05, 0.1) is 0 Å². The van der Waals surface area contributed by atoms with E-state index in [1.807, 2.05) is 61.5 Å². The predicted molar refractivity (Wildman–Crippen MR) is 118 cm³/mol. The molecule has 0 aliphatic heterocycles. The molecule has 3 nitrogen and oxygen atoms in total. The molecule has 3 aromatic rings. The van der Waals surface area contributed by atoms with Crippen molar-refractivity contribution in [2.45, 2.75) is 29.9 Å². The van der Waals surface area contributed by atoms with Crippen LogP contribution in [0.5, 0.6) is 0 Å². The van der Waals surface area contributed by atoms with Crippen LogP contribution in [0.3, 0.4) is 0 Å². The van der Waals surface area contributed by atoms with Gasteiger partial charge in [-0.15, -0.1) is 11.3 Å². The number of sulfonamides is 1. The van der Waals surface area contributed by atoms with Gasteiger partial charge in [0, 0.05) is 21.5 Å². The number of hydrogen-bond donors (Lipinski definition) is 1. The lowest BCUT2D eigenvalue weighted by molar-refractivity contribution is 0.577. The highest BCUT2D eigenvalue weighted by Gasteiger charge is 2.18. The van der Waals surface area contributed by atoms with E-state index in [-0.39, 0.29) is 5.92 Å². The van der Waals surface area contributed by atoms with E-state index in [1.54, 1.807) is 6.07 Å². The van der Waals surface area contributed by atoms with Gasteiger partial charge in [-0.1, -0.05) is 54.4 Å². The van der Waals surface area contributed by atoms with Gasteiger partial charge in [0.1, 0.15) is 4.21 Å². The molecule has 28 heavy (non-hydrogen) atoms. The zero-order valence-corrected chi connectivity index (χ0v) is 18.5. The summed E-state index contributed by atoms with van der Waals surface area (Å²) in [4.78, 5) is 1.03. The van der Waals surface area contributed by atoms with Crippen LogP contribution < -0.4 is 4.72 Å². The Bertz CT molecular complexity index is 1030. The molecule has 0 amide bonds. The minimum atomic E-state index is -3.52. The van der Waals surface area contributed by atoms with E-state index < -0.39 is 10.0 Å². The molecule has 0 spiro atoms. The number of thiophene rings is 1. The molecule has 0 aliphatic carbocycles. The molecule has 0 saturated heterocycles. The second-order valence-electron chi connectivity index (χ2n) is 6.66. The van der Waals surface area contributed by atoms with Crippen LogP contribution in [-0.4, -0.2) is 15.0 Å². The summed E-state index contributed by atoms with van der Waals surface area (Å²) in [6.45, 7) is 2.32. The van der Waals surface area contributed by atoms with Crippen molar-refractivity contribution in [3.8, 4) is 0 Å². The van der Waals surface area contributed by atoms with Gasteiger partial charge in [0.15, 0.2) is 0 Å². The Morgan fingerprint density at radius 1 is 0.964 bits per heavy atom. The van der Waals surface area contributed by atoms with Crippen molar-refractivity contribution in [3.05, 3.63) is 86.7 Å². The van der Waals surface area contributed by atoms with E-state index in [2.05, 4.69) is 4.72 Å². The Kier molecular flexibility index (Phi) is 7.18. The normalized spacial score (nSPS) is 12.8. The van der Waals surface area contributed by atoms with Crippen LogP contribution in [0, 0.1) is 0 Å². The molecule has 7 heteroatoms. The fourth-order valence-electron chi connectivity index (χ4n) is 2.81. The molecule has 0 saturated carbocycles. The summed E-state index contributed by atoms with van der Waals surface area (Å²) in [5, 5.41) is 1.38. The molecule has 1 N–H and O–H groups in total. The zero-order valence-electron chi connectivity index (χ0n) is 15.4. The van der Waals surface area contributed by atoms with E-state index in [0.717, 1.165) is 28.8 Å². The first-order valence-electron chi connectivity index (χ1n) is 8.92. The van der Waals surface area contributed by atoms with Gasteiger partial charge < -0.3 is 0 Å². The average Bonchev–Trinajstić information content (AvgIpc) is 3.15. The van der Waals surface area contributed by atoms with Crippen molar-refractivity contribution in [2.24, 2.45) is 0 Å². The molecule has 1 heterocycles. The second kappa shape index (κ2) is 9.42. The average molecular weight is 454 g/mol. The third kappa shape index (κ3) is 5.82. The Morgan fingerprint density at radius 3 is 2.43 bits per heavy atom. The molecule has 0 aliphatic rings. The lowest BCUT2D eigenvalue weighted by Crippen LogP contribution is -2.27. The van der Waals surface area contributed by atoms with Crippen LogP contribution in [0.4, 0.5) is 0 Å². The number of nitrogens with one attached hydrogen (secondary N) is 1. The molecule has 1 atom stereocenters. The molecule has 0 radical (unpaired) electrons. The molecule has 3 rings (SSSR count). The van der Waals surface area contributed by atoms with Gasteiger partial charge >= 0.3 is 0 Å². The summed E-state index contributed by atoms with van der Waals surface area (Å²) in [5.74, 6) is 0.0503. The number of hydrogen-bond acceptors (Lipinski definition) is 3. The minimum absolute atomic E-state index is 0.0503. The summed E-state index contributed by atoms with van der Waals surface area (Å²) in [7, 11) is -3.52. The van der Waals surface area contributed by atoms with E-state index in [9.17, 15) is 8.42 Å². The zero-order chi connectivity index (χ0) is 20.1. The van der Waals surface area contributed by atoms with Crippen molar-refractivity contribution in [1.82, 2.24) is 4.72 Å². The van der Waals surface area contributed by atoms with Crippen LogP contribution in [0.25, 0.3) is 0 Å². The second-order valence-corrected chi connectivity index (χ2v) is 10.7. The van der Waals surface area contributed by atoms with Crippen LogP contribution in [0.2, 0.25) is 10.0 Å². The van der Waals surface area contributed by atoms with Crippen molar-refractivity contribution in [3.63, 3.8) is 0 Å². The lowest BCUT2D eigenvalue weighted by atomic mass is 10.0. The molecule has 148 valence electrons. The van der Waals surface area contributed by atoms with Crippen LogP contribution in [0.1, 0.15) is 28.8 Å². The lowest BCUT2D eigenvalue weighted by Gasteiger charge is -2.13. The van der Waals surface area contributed by atoms with Gasteiger partial charge in [0.2, 0.25) is 10.0 Å². The monoisotopic (exact) mass is 453 g/mol. The maximum absolute atomic E-state index is 12.6. The van der Waals surface area contributed by atoms with Crippen LogP contribution in [-0.2, 0) is 22.9 Å². The molecular formula is C21H21Cl2NO2S2.